The number of hydrogen-bond acceptors (Lipinski definition) is 8. The molecular formula is C31H26F2N8O2. The molecule has 6 aromatic rings. The van der Waals surface area contributed by atoms with E-state index in [1.165, 1.54) is 4.57 Å². The van der Waals surface area contributed by atoms with Gasteiger partial charge in [0.15, 0.2) is 5.82 Å². The number of nitrogens with zero attached hydrogens (tertiary/aromatic N) is 8. The second-order valence-corrected chi connectivity index (χ2v) is 9.94. The molecule has 1 fully saturated rings. The summed E-state index contributed by atoms with van der Waals surface area (Å²) < 4.78 is 42.9. The predicted octanol–water partition coefficient (Wildman–Crippen LogP) is 5.84. The van der Waals surface area contributed by atoms with E-state index in [9.17, 15) is 8.78 Å². The fourth-order valence-electron chi connectivity index (χ4n) is 5.07. The van der Waals surface area contributed by atoms with Crippen molar-refractivity contribution in [2.24, 2.45) is 7.05 Å². The van der Waals surface area contributed by atoms with Gasteiger partial charge in [-0.05, 0) is 42.5 Å². The van der Waals surface area contributed by atoms with Gasteiger partial charge in [0.25, 0.3) is 6.43 Å². The average molecular weight is 581 g/mol. The number of rotatable bonds is 7. The van der Waals surface area contributed by atoms with Crippen LogP contribution in [-0.2, 0) is 11.8 Å². The van der Waals surface area contributed by atoms with Crippen molar-refractivity contribution < 1.29 is 18.3 Å². The van der Waals surface area contributed by atoms with Crippen LogP contribution < -0.4 is 9.64 Å². The van der Waals surface area contributed by atoms with Crippen LogP contribution in [0.4, 0.5) is 14.7 Å². The molecule has 7 rings (SSSR count). The zero-order valence-corrected chi connectivity index (χ0v) is 23.1. The quantitative estimate of drug-likeness (QED) is 0.232. The first-order valence-electron chi connectivity index (χ1n) is 13.8. The number of alkyl halides is 2. The molecular weight excluding hydrogens is 554 g/mol. The topological polar surface area (TPSA) is 96.0 Å². The van der Waals surface area contributed by atoms with Crippen LogP contribution in [0, 0.1) is 0 Å². The SMILES string of the molecule is Cn1nc(-c2ccccc2)cc1-c1ccc(Oc2nc(N3CCOCC3)nc(-n3c(C(F)F)nc4ccccc43)n2)cc1. The van der Waals surface area contributed by atoms with Gasteiger partial charge in [-0.3, -0.25) is 9.25 Å². The van der Waals surface area contributed by atoms with Crippen LogP contribution in [0.2, 0.25) is 0 Å². The van der Waals surface area contributed by atoms with Gasteiger partial charge in [-0.1, -0.05) is 42.5 Å². The van der Waals surface area contributed by atoms with Gasteiger partial charge in [0.1, 0.15) is 5.75 Å². The Morgan fingerprint density at radius 1 is 0.791 bits per heavy atom. The molecule has 0 N–H and O–H groups in total. The van der Waals surface area contributed by atoms with Gasteiger partial charge in [-0.15, -0.1) is 0 Å². The van der Waals surface area contributed by atoms with E-state index in [1.807, 2.05) is 65.2 Å². The van der Waals surface area contributed by atoms with Crippen LogP contribution >= 0.6 is 0 Å². The smallest absolute Gasteiger partial charge is 0.328 e. The highest BCUT2D eigenvalue weighted by Crippen LogP contribution is 2.31. The molecule has 0 amide bonds. The number of morpholine rings is 1. The summed E-state index contributed by atoms with van der Waals surface area (Å²) in [5.74, 6) is 0.321. The summed E-state index contributed by atoms with van der Waals surface area (Å²) in [5, 5.41) is 4.66. The van der Waals surface area contributed by atoms with Crippen LogP contribution in [0.15, 0.2) is 84.9 Å². The third kappa shape index (κ3) is 5.28. The highest BCUT2D eigenvalue weighted by atomic mass is 19.3. The number of halogens is 2. The summed E-state index contributed by atoms with van der Waals surface area (Å²) in [4.78, 5) is 19.6. The van der Waals surface area contributed by atoms with Crippen LogP contribution in [0.5, 0.6) is 11.8 Å². The standard InChI is InChI=1S/C31H26F2N8O2/c1-39-26(19-24(38-39)20-7-3-2-4-8-20)21-11-13-22(14-12-21)43-31-36-29(40-15-17-42-18-16-40)35-30(37-31)41-25-10-6-5-9-23(25)34-28(41)27(32)33/h2-14,19,27H,15-18H2,1H3. The van der Waals surface area contributed by atoms with Crippen molar-refractivity contribution >= 4 is 17.0 Å². The maximum atomic E-state index is 14.1. The molecule has 0 radical (unpaired) electrons. The zero-order chi connectivity index (χ0) is 29.3. The van der Waals surface area contributed by atoms with Crippen molar-refractivity contribution in [1.82, 2.24) is 34.3 Å². The number of aromatic nitrogens is 7. The van der Waals surface area contributed by atoms with E-state index >= 15 is 0 Å². The average Bonchev–Trinajstić information content (AvgIpc) is 3.63. The molecule has 1 saturated heterocycles. The maximum Gasteiger partial charge on any atom is 0.328 e. The molecule has 43 heavy (non-hydrogen) atoms. The van der Waals surface area contributed by atoms with Crippen molar-refractivity contribution in [2.45, 2.75) is 6.43 Å². The monoisotopic (exact) mass is 580 g/mol. The first kappa shape index (κ1) is 26.7. The van der Waals surface area contributed by atoms with Gasteiger partial charge in [0, 0.05) is 31.3 Å². The maximum absolute atomic E-state index is 14.1. The zero-order valence-electron chi connectivity index (χ0n) is 23.1. The first-order valence-corrected chi connectivity index (χ1v) is 13.8. The Bertz CT molecular complexity index is 1880. The molecule has 0 atom stereocenters. The Balaban J connectivity index is 1.24. The summed E-state index contributed by atoms with van der Waals surface area (Å²) in [6, 6.07) is 26.3. The van der Waals surface area contributed by atoms with E-state index in [-0.39, 0.29) is 12.0 Å². The second-order valence-electron chi connectivity index (χ2n) is 9.94. The molecule has 10 nitrogen and oxygen atoms in total. The molecule has 1 aliphatic rings. The molecule has 0 saturated carbocycles. The number of ether oxygens (including phenoxy) is 2. The number of hydrogen-bond donors (Lipinski definition) is 0. The first-order chi connectivity index (χ1) is 21.0. The van der Waals surface area contributed by atoms with Crippen molar-refractivity contribution in [3.05, 3.63) is 90.8 Å². The highest BCUT2D eigenvalue weighted by Gasteiger charge is 2.25. The molecule has 216 valence electrons. The van der Waals surface area contributed by atoms with Gasteiger partial charge < -0.3 is 14.4 Å². The molecule has 3 aromatic carbocycles. The van der Waals surface area contributed by atoms with E-state index in [1.54, 1.807) is 36.4 Å². The number of fused-ring (bicyclic) bond motifs is 1. The van der Waals surface area contributed by atoms with E-state index in [4.69, 9.17) is 9.47 Å². The lowest BCUT2D eigenvalue weighted by Crippen LogP contribution is -2.37. The number of anilines is 1. The molecule has 3 aromatic heterocycles. The lowest BCUT2D eigenvalue weighted by atomic mass is 10.1. The number of aryl methyl sites for hydroxylation is 1. The van der Waals surface area contributed by atoms with Crippen molar-refractivity contribution in [2.75, 3.05) is 31.2 Å². The normalized spacial score (nSPS) is 13.6. The van der Waals surface area contributed by atoms with Crippen LogP contribution in [0.3, 0.4) is 0 Å². The fourth-order valence-corrected chi connectivity index (χ4v) is 5.07. The Hall–Kier alpha value is -5.23. The fraction of sp³-hybridized carbons (Fsp3) is 0.194. The van der Waals surface area contributed by atoms with Crippen molar-refractivity contribution in [3.8, 4) is 40.2 Å². The molecule has 0 spiro atoms. The van der Waals surface area contributed by atoms with Gasteiger partial charge in [-0.25, -0.2) is 13.8 Å². The minimum absolute atomic E-state index is 0.00422. The molecule has 4 heterocycles. The molecule has 0 unspecified atom stereocenters. The lowest BCUT2D eigenvalue weighted by Gasteiger charge is -2.27. The minimum atomic E-state index is -2.85. The summed E-state index contributed by atoms with van der Waals surface area (Å²) in [6.45, 7) is 2.07. The van der Waals surface area contributed by atoms with E-state index < -0.39 is 12.2 Å². The van der Waals surface area contributed by atoms with Gasteiger partial charge in [0.05, 0.1) is 35.6 Å². The Morgan fingerprint density at radius 2 is 1.51 bits per heavy atom. The minimum Gasteiger partial charge on any atom is -0.424 e. The van der Waals surface area contributed by atoms with Gasteiger partial charge in [0.2, 0.25) is 11.9 Å². The molecule has 1 aliphatic heterocycles. The largest absolute Gasteiger partial charge is 0.424 e. The number of benzene rings is 3. The van der Waals surface area contributed by atoms with Crippen molar-refractivity contribution in [3.63, 3.8) is 0 Å². The summed E-state index contributed by atoms with van der Waals surface area (Å²) in [7, 11) is 1.90. The van der Waals surface area contributed by atoms with Crippen LogP contribution in [0.25, 0.3) is 39.5 Å². The third-order valence-electron chi connectivity index (χ3n) is 7.18. The van der Waals surface area contributed by atoms with E-state index in [0.717, 1.165) is 22.5 Å². The molecule has 0 aliphatic carbocycles. The molecule has 12 heteroatoms. The van der Waals surface area contributed by atoms with E-state index in [2.05, 4.69) is 25.0 Å². The number of imidazole rings is 1. The van der Waals surface area contributed by atoms with Crippen LogP contribution in [0.1, 0.15) is 12.2 Å². The highest BCUT2D eigenvalue weighted by molar-refractivity contribution is 5.77. The van der Waals surface area contributed by atoms with Crippen LogP contribution in [-0.4, -0.2) is 60.6 Å². The summed E-state index contributed by atoms with van der Waals surface area (Å²) >= 11 is 0. The molecule has 0 bridgehead atoms. The predicted molar refractivity (Wildman–Crippen MR) is 157 cm³/mol. The summed E-state index contributed by atoms with van der Waals surface area (Å²) in [5.41, 5.74) is 4.66. The van der Waals surface area contributed by atoms with E-state index in [0.29, 0.717) is 49.0 Å². The van der Waals surface area contributed by atoms with Gasteiger partial charge >= 0.3 is 6.01 Å². The Morgan fingerprint density at radius 3 is 2.28 bits per heavy atom. The Labute approximate surface area is 245 Å². The Kier molecular flexibility index (Phi) is 6.95. The number of para-hydroxylation sites is 2. The second kappa shape index (κ2) is 11.2. The van der Waals surface area contributed by atoms with Crippen molar-refractivity contribution in [1.29, 1.82) is 0 Å². The third-order valence-corrected chi connectivity index (χ3v) is 7.18. The van der Waals surface area contributed by atoms with Gasteiger partial charge in [-0.2, -0.15) is 20.1 Å². The lowest BCUT2D eigenvalue weighted by molar-refractivity contribution is 0.122. The summed E-state index contributed by atoms with van der Waals surface area (Å²) in [6.07, 6.45) is -2.85.